The monoisotopic (exact) mass is 346 g/mol. The maximum Gasteiger partial charge on any atom is 0.222 e. The predicted molar refractivity (Wildman–Crippen MR) is 102 cm³/mol. The molecule has 130 valence electrons. The predicted octanol–water partition coefficient (Wildman–Crippen LogP) is 4.11. The smallest absolute Gasteiger partial charge is 0.222 e. The Balaban J connectivity index is 0.00000288. The SMILES string of the molecule is CC(C)(C)c1ccc(CNC(=O)CC(N)c2ccccc2)cc1.Cl. The lowest BCUT2D eigenvalue weighted by atomic mass is 9.87. The second kappa shape index (κ2) is 8.86. The molecule has 0 aromatic heterocycles. The maximum atomic E-state index is 12.0. The molecule has 4 heteroatoms. The summed E-state index contributed by atoms with van der Waals surface area (Å²) in [4.78, 5) is 12.0. The van der Waals surface area contributed by atoms with Crippen LogP contribution in [0.1, 0.15) is 49.9 Å². The van der Waals surface area contributed by atoms with Crippen LogP contribution in [0.15, 0.2) is 54.6 Å². The van der Waals surface area contributed by atoms with E-state index in [0.29, 0.717) is 13.0 Å². The molecule has 0 aliphatic rings. The first-order valence-corrected chi connectivity index (χ1v) is 8.03. The molecule has 0 radical (unpaired) electrons. The lowest BCUT2D eigenvalue weighted by Gasteiger charge is -2.19. The third-order valence-electron chi connectivity index (χ3n) is 3.94. The van der Waals surface area contributed by atoms with Gasteiger partial charge in [0.05, 0.1) is 0 Å². The van der Waals surface area contributed by atoms with E-state index < -0.39 is 0 Å². The Morgan fingerprint density at radius 1 is 1.04 bits per heavy atom. The van der Waals surface area contributed by atoms with Gasteiger partial charge >= 0.3 is 0 Å². The van der Waals surface area contributed by atoms with E-state index in [2.05, 4.69) is 50.4 Å². The summed E-state index contributed by atoms with van der Waals surface area (Å²) in [6, 6.07) is 17.8. The lowest BCUT2D eigenvalue weighted by molar-refractivity contribution is -0.121. The summed E-state index contributed by atoms with van der Waals surface area (Å²) < 4.78 is 0. The molecule has 0 heterocycles. The summed E-state index contributed by atoms with van der Waals surface area (Å²) >= 11 is 0. The Hall–Kier alpha value is -1.84. The highest BCUT2D eigenvalue weighted by atomic mass is 35.5. The van der Waals surface area contributed by atoms with Gasteiger partial charge in [-0.3, -0.25) is 4.79 Å². The average Bonchev–Trinajstić information content (AvgIpc) is 2.53. The lowest BCUT2D eigenvalue weighted by Crippen LogP contribution is -2.27. The van der Waals surface area contributed by atoms with Crippen LogP contribution in [-0.2, 0) is 16.8 Å². The fraction of sp³-hybridized carbons (Fsp3) is 0.350. The fourth-order valence-corrected chi connectivity index (χ4v) is 2.41. The Bertz CT molecular complexity index is 633. The van der Waals surface area contributed by atoms with Gasteiger partial charge in [-0.25, -0.2) is 0 Å². The molecule has 0 saturated carbocycles. The van der Waals surface area contributed by atoms with Crippen LogP contribution in [0.2, 0.25) is 0 Å². The number of hydrogen-bond donors (Lipinski definition) is 2. The topological polar surface area (TPSA) is 55.1 Å². The van der Waals surface area contributed by atoms with Crippen molar-refractivity contribution in [1.82, 2.24) is 5.32 Å². The number of rotatable bonds is 5. The Kier molecular flexibility index (Phi) is 7.46. The molecule has 2 aromatic carbocycles. The van der Waals surface area contributed by atoms with Crippen LogP contribution in [0.25, 0.3) is 0 Å². The molecule has 0 bridgehead atoms. The summed E-state index contributed by atoms with van der Waals surface area (Å²) in [6.45, 7) is 7.10. The summed E-state index contributed by atoms with van der Waals surface area (Å²) in [6.07, 6.45) is 0.296. The van der Waals surface area contributed by atoms with Gasteiger partial charge in [0.15, 0.2) is 0 Å². The minimum atomic E-state index is -0.264. The highest BCUT2D eigenvalue weighted by molar-refractivity contribution is 5.85. The van der Waals surface area contributed by atoms with Gasteiger partial charge in [-0.15, -0.1) is 12.4 Å². The zero-order valence-electron chi connectivity index (χ0n) is 14.6. The van der Waals surface area contributed by atoms with Crippen molar-refractivity contribution in [2.24, 2.45) is 5.73 Å². The van der Waals surface area contributed by atoms with E-state index in [1.54, 1.807) is 0 Å². The van der Waals surface area contributed by atoms with Crippen molar-refractivity contribution in [1.29, 1.82) is 0 Å². The molecule has 1 unspecified atom stereocenters. The van der Waals surface area contributed by atoms with E-state index in [4.69, 9.17) is 5.73 Å². The molecular formula is C20H27ClN2O. The highest BCUT2D eigenvalue weighted by Crippen LogP contribution is 2.22. The van der Waals surface area contributed by atoms with Crippen LogP contribution in [0.3, 0.4) is 0 Å². The minimum absolute atomic E-state index is 0. The Labute approximate surface area is 151 Å². The van der Waals surface area contributed by atoms with Crippen molar-refractivity contribution in [2.45, 2.75) is 45.2 Å². The second-order valence-corrected chi connectivity index (χ2v) is 6.94. The van der Waals surface area contributed by atoms with Crippen molar-refractivity contribution in [3.63, 3.8) is 0 Å². The molecule has 24 heavy (non-hydrogen) atoms. The maximum absolute atomic E-state index is 12.0. The van der Waals surface area contributed by atoms with E-state index in [1.807, 2.05) is 30.3 Å². The van der Waals surface area contributed by atoms with Crippen molar-refractivity contribution in [2.75, 3.05) is 0 Å². The van der Waals surface area contributed by atoms with Crippen LogP contribution < -0.4 is 11.1 Å². The van der Waals surface area contributed by atoms with E-state index in [1.165, 1.54) is 5.56 Å². The Morgan fingerprint density at radius 3 is 2.17 bits per heavy atom. The van der Waals surface area contributed by atoms with Gasteiger partial charge < -0.3 is 11.1 Å². The van der Waals surface area contributed by atoms with E-state index >= 15 is 0 Å². The van der Waals surface area contributed by atoms with Crippen molar-refractivity contribution in [3.8, 4) is 0 Å². The normalized spacial score (nSPS) is 12.2. The first-order chi connectivity index (χ1) is 10.9. The van der Waals surface area contributed by atoms with E-state index in [9.17, 15) is 4.79 Å². The minimum Gasteiger partial charge on any atom is -0.352 e. The molecular weight excluding hydrogens is 320 g/mol. The molecule has 0 aliphatic carbocycles. The average molecular weight is 347 g/mol. The van der Waals surface area contributed by atoms with Gasteiger partial charge in [0.1, 0.15) is 0 Å². The molecule has 0 aliphatic heterocycles. The molecule has 2 rings (SSSR count). The van der Waals surface area contributed by atoms with E-state index in [0.717, 1.165) is 11.1 Å². The molecule has 3 N–H and O–H groups in total. The molecule has 1 amide bonds. The van der Waals surface area contributed by atoms with Crippen molar-refractivity contribution in [3.05, 3.63) is 71.3 Å². The molecule has 1 atom stereocenters. The quantitative estimate of drug-likeness (QED) is 0.855. The number of nitrogens with one attached hydrogen (secondary N) is 1. The van der Waals surface area contributed by atoms with Crippen LogP contribution in [-0.4, -0.2) is 5.91 Å². The summed E-state index contributed by atoms with van der Waals surface area (Å²) in [7, 11) is 0. The number of amides is 1. The fourth-order valence-electron chi connectivity index (χ4n) is 2.41. The molecule has 0 spiro atoms. The van der Waals surface area contributed by atoms with Gasteiger partial charge in [-0.2, -0.15) is 0 Å². The Morgan fingerprint density at radius 2 is 1.62 bits per heavy atom. The summed E-state index contributed by atoms with van der Waals surface area (Å²) in [5, 5.41) is 2.94. The summed E-state index contributed by atoms with van der Waals surface area (Å²) in [5.41, 5.74) is 9.59. The van der Waals surface area contributed by atoms with Crippen molar-refractivity contribution >= 4 is 18.3 Å². The van der Waals surface area contributed by atoms with Gasteiger partial charge in [0.2, 0.25) is 5.91 Å². The number of hydrogen-bond acceptors (Lipinski definition) is 2. The highest BCUT2D eigenvalue weighted by Gasteiger charge is 2.13. The van der Waals surface area contributed by atoms with Crippen LogP contribution >= 0.6 is 12.4 Å². The van der Waals surface area contributed by atoms with Crippen molar-refractivity contribution < 1.29 is 4.79 Å². The molecule has 3 nitrogen and oxygen atoms in total. The molecule has 0 fully saturated rings. The van der Waals surface area contributed by atoms with Crippen LogP contribution in [0.5, 0.6) is 0 Å². The van der Waals surface area contributed by atoms with Crippen LogP contribution in [0, 0.1) is 0 Å². The second-order valence-electron chi connectivity index (χ2n) is 6.94. The summed E-state index contributed by atoms with van der Waals surface area (Å²) in [5.74, 6) is -0.0266. The molecule has 0 saturated heterocycles. The first-order valence-electron chi connectivity index (χ1n) is 8.03. The third kappa shape index (κ3) is 5.99. The standard InChI is InChI=1S/C20H26N2O.ClH/c1-20(2,3)17-11-9-15(10-12-17)14-22-19(23)13-18(21)16-7-5-4-6-8-16;/h4-12,18H,13-14,21H2,1-3H3,(H,22,23);1H. The first kappa shape index (κ1) is 20.2. The van der Waals surface area contributed by atoms with Gasteiger partial charge in [0.25, 0.3) is 0 Å². The van der Waals surface area contributed by atoms with Gasteiger partial charge in [0, 0.05) is 19.0 Å². The number of benzene rings is 2. The zero-order chi connectivity index (χ0) is 16.9. The number of halogens is 1. The largest absolute Gasteiger partial charge is 0.352 e. The number of carbonyl (C=O) groups excluding carboxylic acids is 1. The van der Waals surface area contributed by atoms with Gasteiger partial charge in [-0.1, -0.05) is 75.4 Å². The number of nitrogens with two attached hydrogens (primary N) is 1. The molecule has 2 aromatic rings. The van der Waals surface area contributed by atoms with Crippen LogP contribution in [0.4, 0.5) is 0 Å². The number of carbonyl (C=O) groups is 1. The third-order valence-corrected chi connectivity index (χ3v) is 3.94. The van der Waals surface area contributed by atoms with Gasteiger partial charge in [-0.05, 0) is 22.1 Å². The van der Waals surface area contributed by atoms with E-state index in [-0.39, 0.29) is 29.8 Å². The zero-order valence-corrected chi connectivity index (χ0v) is 15.4.